The molecule has 1 unspecified atom stereocenters. The highest BCUT2D eigenvalue weighted by molar-refractivity contribution is 9.13. The van der Waals surface area contributed by atoms with E-state index in [9.17, 15) is 0 Å². The number of aromatic nitrogens is 1. The Balaban J connectivity index is 2.15. The summed E-state index contributed by atoms with van der Waals surface area (Å²) in [5.74, 6) is 0. The number of fused-ring (bicyclic) bond motifs is 1. The molecule has 0 amide bonds. The van der Waals surface area contributed by atoms with Crippen LogP contribution in [0, 0.1) is 0 Å². The van der Waals surface area contributed by atoms with Gasteiger partial charge in [-0.1, -0.05) is 31.2 Å². The van der Waals surface area contributed by atoms with Crippen LogP contribution < -0.4 is 5.32 Å². The number of pyridine rings is 1. The first kappa shape index (κ1) is 15.2. The average molecular weight is 426 g/mol. The molecule has 3 rings (SSSR count). The van der Waals surface area contributed by atoms with Gasteiger partial charge in [0.15, 0.2) is 0 Å². The van der Waals surface area contributed by atoms with E-state index >= 15 is 0 Å². The normalized spacial score (nSPS) is 12.7. The van der Waals surface area contributed by atoms with E-state index < -0.39 is 0 Å². The largest absolute Gasteiger partial charge is 0.306 e. The van der Waals surface area contributed by atoms with Crippen LogP contribution in [0.4, 0.5) is 0 Å². The van der Waals surface area contributed by atoms with Crippen molar-refractivity contribution in [2.75, 3.05) is 6.54 Å². The Hall–Kier alpha value is -0.750. The molecule has 2 nitrogen and oxygen atoms in total. The van der Waals surface area contributed by atoms with Crippen molar-refractivity contribution in [2.24, 2.45) is 0 Å². The number of thiophene rings is 1. The third-order valence-electron chi connectivity index (χ3n) is 3.37. The van der Waals surface area contributed by atoms with Gasteiger partial charge in [0.2, 0.25) is 0 Å². The van der Waals surface area contributed by atoms with Crippen LogP contribution in [0.2, 0.25) is 0 Å². The fourth-order valence-electron chi connectivity index (χ4n) is 2.44. The van der Waals surface area contributed by atoms with E-state index in [0.29, 0.717) is 0 Å². The molecule has 0 aliphatic carbocycles. The van der Waals surface area contributed by atoms with Crippen LogP contribution in [0.5, 0.6) is 0 Å². The van der Waals surface area contributed by atoms with Crippen LogP contribution in [0.3, 0.4) is 0 Å². The maximum atomic E-state index is 4.41. The van der Waals surface area contributed by atoms with Gasteiger partial charge in [0, 0.05) is 32.7 Å². The fraction of sp³-hybridized carbons (Fsp3) is 0.188. The molecule has 21 heavy (non-hydrogen) atoms. The van der Waals surface area contributed by atoms with E-state index in [1.165, 1.54) is 21.2 Å². The minimum Gasteiger partial charge on any atom is -0.306 e. The lowest BCUT2D eigenvalue weighted by Gasteiger charge is -2.18. The SMILES string of the molecule is CCNC(c1cc(Br)c(Br)s1)c1cncc2ccccc12. The Morgan fingerprint density at radius 1 is 1.24 bits per heavy atom. The summed E-state index contributed by atoms with van der Waals surface area (Å²) in [5, 5.41) is 6.00. The molecule has 0 fully saturated rings. The minimum atomic E-state index is 0.154. The summed E-state index contributed by atoms with van der Waals surface area (Å²) in [4.78, 5) is 5.68. The van der Waals surface area contributed by atoms with Gasteiger partial charge < -0.3 is 5.32 Å². The highest BCUT2D eigenvalue weighted by Crippen LogP contribution is 2.38. The molecule has 1 aromatic carbocycles. The molecular weight excluding hydrogens is 412 g/mol. The maximum Gasteiger partial charge on any atom is 0.0843 e. The van der Waals surface area contributed by atoms with Gasteiger partial charge in [-0.3, -0.25) is 4.98 Å². The lowest BCUT2D eigenvalue weighted by Crippen LogP contribution is -2.21. The van der Waals surface area contributed by atoms with Crippen molar-refractivity contribution in [3.8, 4) is 0 Å². The van der Waals surface area contributed by atoms with E-state index in [4.69, 9.17) is 0 Å². The summed E-state index contributed by atoms with van der Waals surface area (Å²) < 4.78 is 2.21. The van der Waals surface area contributed by atoms with E-state index in [-0.39, 0.29) is 6.04 Å². The molecule has 0 spiro atoms. The van der Waals surface area contributed by atoms with Gasteiger partial charge >= 0.3 is 0 Å². The highest BCUT2D eigenvalue weighted by atomic mass is 79.9. The van der Waals surface area contributed by atoms with E-state index in [1.54, 1.807) is 11.3 Å². The molecule has 1 atom stereocenters. The second kappa shape index (κ2) is 6.57. The zero-order valence-corrected chi connectivity index (χ0v) is 15.4. The minimum absolute atomic E-state index is 0.154. The highest BCUT2D eigenvalue weighted by Gasteiger charge is 2.19. The number of benzene rings is 1. The maximum absolute atomic E-state index is 4.41. The molecule has 0 aliphatic rings. The van der Waals surface area contributed by atoms with Crippen LogP contribution in [0.1, 0.15) is 23.4 Å². The number of nitrogens with zero attached hydrogens (tertiary/aromatic N) is 1. The van der Waals surface area contributed by atoms with Gasteiger partial charge in [-0.05, 0) is 49.9 Å². The Morgan fingerprint density at radius 3 is 2.76 bits per heavy atom. The summed E-state index contributed by atoms with van der Waals surface area (Å²) in [6, 6.07) is 10.7. The van der Waals surface area contributed by atoms with Gasteiger partial charge in [0.1, 0.15) is 0 Å². The van der Waals surface area contributed by atoms with E-state index in [1.807, 2.05) is 18.5 Å². The molecule has 0 radical (unpaired) electrons. The summed E-state index contributed by atoms with van der Waals surface area (Å²) in [6.07, 6.45) is 3.89. The first-order valence-electron chi connectivity index (χ1n) is 6.71. The van der Waals surface area contributed by atoms with Crippen LogP contribution in [-0.2, 0) is 0 Å². The number of hydrogen-bond acceptors (Lipinski definition) is 3. The number of nitrogens with one attached hydrogen (secondary N) is 1. The number of hydrogen-bond donors (Lipinski definition) is 1. The van der Waals surface area contributed by atoms with Crippen molar-refractivity contribution in [2.45, 2.75) is 13.0 Å². The molecule has 0 saturated carbocycles. The molecule has 108 valence electrons. The molecule has 0 aliphatic heterocycles. The second-order valence-electron chi connectivity index (χ2n) is 4.71. The summed E-state index contributed by atoms with van der Waals surface area (Å²) in [5.41, 5.74) is 1.22. The molecule has 2 aromatic heterocycles. The van der Waals surface area contributed by atoms with Crippen LogP contribution >= 0.6 is 43.2 Å². The van der Waals surface area contributed by atoms with Gasteiger partial charge in [-0.15, -0.1) is 11.3 Å². The van der Waals surface area contributed by atoms with Crippen molar-refractivity contribution in [3.05, 3.63) is 61.4 Å². The predicted molar refractivity (Wildman–Crippen MR) is 97.0 cm³/mol. The Morgan fingerprint density at radius 2 is 2.05 bits per heavy atom. The van der Waals surface area contributed by atoms with Gasteiger partial charge in [0.25, 0.3) is 0 Å². The van der Waals surface area contributed by atoms with E-state index in [0.717, 1.165) is 14.8 Å². The van der Waals surface area contributed by atoms with Crippen molar-refractivity contribution < 1.29 is 0 Å². The third kappa shape index (κ3) is 3.06. The third-order valence-corrected chi connectivity index (χ3v) is 6.69. The molecular formula is C16H14Br2N2S. The van der Waals surface area contributed by atoms with Gasteiger partial charge in [0.05, 0.1) is 9.83 Å². The molecule has 1 N–H and O–H groups in total. The standard InChI is InChI=1S/C16H14Br2N2S/c1-2-20-15(14-7-13(17)16(18)21-14)12-9-19-8-10-5-3-4-6-11(10)12/h3-9,15,20H,2H2,1H3. The van der Waals surface area contributed by atoms with Crippen LogP contribution in [-0.4, -0.2) is 11.5 Å². The molecule has 5 heteroatoms. The zero-order chi connectivity index (χ0) is 14.8. The lowest BCUT2D eigenvalue weighted by atomic mass is 10.0. The van der Waals surface area contributed by atoms with Gasteiger partial charge in [-0.25, -0.2) is 0 Å². The van der Waals surface area contributed by atoms with E-state index in [2.05, 4.69) is 73.3 Å². The van der Waals surface area contributed by atoms with Crippen LogP contribution in [0.25, 0.3) is 10.8 Å². The fourth-order valence-corrected chi connectivity index (χ4v) is 4.63. The Kier molecular flexibility index (Phi) is 4.74. The zero-order valence-electron chi connectivity index (χ0n) is 11.4. The molecule has 0 saturated heterocycles. The number of rotatable bonds is 4. The topological polar surface area (TPSA) is 24.9 Å². The quantitative estimate of drug-likeness (QED) is 0.595. The van der Waals surface area contributed by atoms with Crippen LogP contribution in [0.15, 0.2) is 51.0 Å². The molecule has 2 heterocycles. The van der Waals surface area contributed by atoms with Crippen molar-refractivity contribution in [1.82, 2.24) is 10.3 Å². The second-order valence-corrected chi connectivity index (χ2v) is 7.97. The summed E-state index contributed by atoms with van der Waals surface area (Å²) in [7, 11) is 0. The summed E-state index contributed by atoms with van der Waals surface area (Å²) >= 11 is 8.91. The summed E-state index contributed by atoms with van der Waals surface area (Å²) in [6.45, 7) is 3.03. The predicted octanol–water partition coefficient (Wildman–Crippen LogP) is 5.52. The van der Waals surface area contributed by atoms with Crippen molar-refractivity contribution in [3.63, 3.8) is 0 Å². The Labute approximate surface area is 144 Å². The lowest BCUT2D eigenvalue weighted by molar-refractivity contribution is 0.641. The van der Waals surface area contributed by atoms with Gasteiger partial charge in [-0.2, -0.15) is 0 Å². The first-order valence-corrected chi connectivity index (χ1v) is 9.11. The Bertz CT molecular complexity index is 745. The monoisotopic (exact) mass is 424 g/mol. The molecule has 0 bridgehead atoms. The average Bonchev–Trinajstić information content (AvgIpc) is 2.84. The number of halogens is 2. The first-order chi connectivity index (χ1) is 10.2. The smallest absolute Gasteiger partial charge is 0.0843 e. The van der Waals surface area contributed by atoms with Crippen molar-refractivity contribution >= 4 is 54.0 Å². The molecule has 3 aromatic rings. The van der Waals surface area contributed by atoms with Crippen molar-refractivity contribution in [1.29, 1.82) is 0 Å².